The molecular formula is C22H22N6O3. The van der Waals surface area contributed by atoms with E-state index in [4.69, 9.17) is 15.2 Å². The van der Waals surface area contributed by atoms with Crippen molar-refractivity contribution in [2.75, 3.05) is 19.4 Å². The van der Waals surface area contributed by atoms with Gasteiger partial charge in [-0.15, -0.1) is 0 Å². The van der Waals surface area contributed by atoms with Gasteiger partial charge < -0.3 is 25.1 Å². The highest BCUT2D eigenvalue weighted by Crippen LogP contribution is 2.32. The summed E-state index contributed by atoms with van der Waals surface area (Å²) < 4.78 is 14.2. The molecule has 3 N–H and O–H groups in total. The van der Waals surface area contributed by atoms with Crippen LogP contribution in [0.25, 0.3) is 21.9 Å². The van der Waals surface area contributed by atoms with Crippen molar-refractivity contribution in [2.24, 2.45) is 0 Å². The number of hydrogen-bond acceptors (Lipinski definition) is 7. The van der Waals surface area contributed by atoms with E-state index in [1.165, 1.54) is 6.33 Å². The summed E-state index contributed by atoms with van der Waals surface area (Å²) in [4.78, 5) is 24.5. The molecule has 2 unspecified atom stereocenters. The molecule has 0 aliphatic carbocycles. The minimum Gasteiger partial charge on any atom is -0.491 e. The molecule has 4 aromatic rings. The van der Waals surface area contributed by atoms with Gasteiger partial charge in [0.05, 0.1) is 22.6 Å². The average molecular weight is 418 g/mol. The first-order valence-electron chi connectivity index (χ1n) is 10.1. The molecule has 0 spiro atoms. The van der Waals surface area contributed by atoms with E-state index in [1.807, 2.05) is 41.1 Å². The first-order chi connectivity index (χ1) is 15.1. The molecule has 1 aliphatic heterocycles. The number of nitrogens with one attached hydrogen (secondary N) is 1. The van der Waals surface area contributed by atoms with Crippen LogP contribution in [-0.4, -0.2) is 45.2 Å². The molecule has 4 heterocycles. The lowest BCUT2D eigenvalue weighted by Crippen LogP contribution is -2.18. The molecule has 1 fully saturated rings. The largest absolute Gasteiger partial charge is 0.491 e. The van der Waals surface area contributed by atoms with Gasteiger partial charge in [0, 0.05) is 30.9 Å². The van der Waals surface area contributed by atoms with Gasteiger partial charge in [-0.05, 0) is 37.1 Å². The SMILES string of the molecule is CNC(=O)c1cnc2cc(OCC3CCC(n4ccc5c(N)ncnc54)O3)ccc2c1. The summed E-state index contributed by atoms with van der Waals surface area (Å²) in [5, 5.41) is 4.31. The number of rotatable bonds is 5. The van der Waals surface area contributed by atoms with Gasteiger partial charge in [0.15, 0.2) is 0 Å². The van der Waals surface area contributed by atoms with Crippen LogP contribution in [0, 0.1) is 0 Å². The second-order valence-electron chi connectivity index (χ2n) is 7.48. The summed E-state index contributed by atoms with van der Waals surface area (Å²) in [7, 11) is 1.60. The number of ether oxygens (including phenoxy) is 2. The van der Waals surface area contributed by atoms with Crippen LogP contribution in [0.4, 0.5) is 5.82 Å². The molecule has 2 atom stereocenters. The predicted octanol–water partition coefficient (Wildman–Crippen LogP) is 2.68. The van der Waals surface area contributed by atoms with Gasteiger partial charge in [0.1, 0.15) is 36.4 Å². The van der Waals surface area contributed by atoms with E-state index >= 15 is 0 Å². The molecule has 1 saturated heterocycles. The molecule has 9 nitrogen and oxygen atoms in total. The molecule has 1 aliphatic rings. The number of hydrogen-bond donors (Lipinski definition) is 2. The second kappa shape index (κ2) is 7.84. The number of nitrogens with two attached hydrogens (primary N) is 1. The zero-order valence-corrected chi connectivity index (χ0v) is 17.0. The van der Waals surface area contributed by atoms with Crippen LogP contribution in [0.15, 0.2) is 49.1 Å². The van der Waals surface area contributed by atoms with Crippen molar-refractivity contribution in [3.05, 3.63) is 54.6 Å². The molecule has 3 aromatic heterocycles. The Bertz CT molecular complexity index is 1270. The fourth-order valence-electron chi connectivity index (χ4n) is 3.89. The normalized spacial score (nSPS) is 18.5. The molecule has 0 radical (unpaired) electrons. The number of aromatic nitrogens is 4. The molecule has 31 heavy (non-hydrogen) atoms. The van der Waals surface area contributed by atoms with E-state index in [0.717, 1.165) is 34.8 Å². The second-order valence-corrected chi connectivity index (χ2v) is 7.48. The Hall–Kier alpha value is -3.72. The summed E-state index contributed by atoms with van der Waals surface area (Å²) in [6, 6.07) is 9.37. The number of benzene rings is 1. The average Bonchev–Trinajstić information content (AvgIpc) is 3.44. The van der Waals surface area contributed by atoms with Crippen LogP contribution in [-0.2, 0) is 4.74 Å². The summed E-state index contributed by atoms with van der Waals surface area (Å²) in [5.41, 5.74) is 8.00. The zero-order chi connectivity index (χ0) is 21.4. The molecule has 9 heteroatoms. The van der Waals surface area contributed by atoms with Crippen LogP contribution in [0.5, 0.6) is 5.75 Å². The molecule has 1 aromatic carbocycles. The van der Waals surface area contributed by atoms with Gasteiger partial charge in [-0.2, -0.15) is 0 Å². The lowest BCUT2D eigenvalue weighted by molar-refractivity contribution is -0.0156. The van der Waals surface area contributed by atoms with E-state index < -0.39 is 0 Å². The topological polar surface area (TPSA) is 117 Å². The van der Waals surface area contributed by atoms with Crippen LogP contribution in [0.2, 0.25) is 0 Å². The van der Waals surface area contributed by atoms with Crippen LogP contribution in [0.1, 0.15) is 29.4 Å². The molecular weight excluding hydrogens is 396 g/mol. The number of nitrogen functional groups attached to an aromatic ring is 1. The zero-order valence-electron chi connectivity index (χ0n) is 17.0. The maximum absolute atomic E-state index is 11.8. The van der Waals surface area contributed by atoms with Crippen molar-refractivity contribution in [1.29, 1.82) is 0 Å². The van der Waals surface area contributed by atoms with Crippen molar-refractivity contribution in [3.8, 4) is 5.75 Å². The van der Waals surface area contributed by atoms with Crippen LogP contribution in [0.3, 0.4) is 0 Å². The van der Waals surface area contributed by atoms with Crippen molar-refractivity contribution in [1.82, 2.24) is 24.8 Å². The summed E-state index contributed by atoms with van der Waals surface area (Å²) in [5.74, 6) is 1.02. The molecule has 0 bridgehead atoms. The monoisotopic (exact) mass is 418 g/mol. The number of carbonyl (C=O) groups excluding carboxylic acids is 1. The van der Waals surface area contributed by atoms with E-state index in [1.54, 1.807) is 13.2 Å². The van der Waals surface area contributed by atoms with Gasteiger partial charge in [-0.3, -0.25) is 9.78 Å². The van der Waals surface area contributed by atoms with Gasteiger partial charge in [0.2, 0.25) is 0 Å². The Labute approximate surface area is 178 Å². The lowest BCUT2D eigenvalue weighted by Gasteiger charge is -2.16. The molecule has 158 valence electrons. The smallest absolute Gasteiger partial charge is 0.252 e. The molecule has 5 rings (SSSR count). The van der Waals surface area contributed by atoms with Gasteiger partial charge in [-0.25, -0.2) is 9.97 Å². The first kappa shape index (κ1) is 19.3. The van der Waals surface area contributed by atoms with Crippen molar-refractivity contribution in [3.63, 3.8) is 0 Å². The summed E-state index contributed by atoms with van der Waals surface area (Å²) in [6.07, 6.45) is 6.58. The maximum Gasteiger partial charge on any atom is 0.252 e. The third kappa shape index (κ3) is 3.64. The number of pyridine rings is 1. The summed E-state index contributed by atoms with van der Waals surface area (Å²) >= 11 is 0. The van der Waals surface area contributed by atoms with Crippen molar-refractivity contribution in [2.45, 2.75) is 25.2 Å². The third-order valence-electron chi connectivity index (χ3n) is 5.52. The highest BCUT2D eigenvalue weighted by Gasteiger charge is 2.28. The first-order valence-corrected chi connectivity index (χ1v) is 10.1. The summed E-state index contributed by atoms with van der Waals surface area (Å²) in [6.45, 7) is 0.439. The number of carbonyl (C=O) groups is 1. The minimum atomic E-state index is -0.160. The van der Waals surface area contributed by atoms with Crippen molar-refractivity contribution >= 4 is 33.7 Å². The van der Waals surface area contributed by atoms with Crippen LogP contribution >= 0.6 is 0 Å². The minimum absolute atomic E-state index is 0.0269. The standard InChI is InChI=1S/C22H22N6O3/c1-24-22(29)14-8-13-2-3-15(9-18(13)25-10-14)30-11-16-4-5-19(31-16)28-7-6-17-20(23)26-12-27-21(17)28/h2-3,6-10,12,16,19H,4-5,11H2,1H3,(H,24,29)(H2,23,26,27). The fraction of sp³-hybridized carbons (Fsp3) is 0.273. The van der Waals surface area contributed by atoms with E-state index in [-0.39, 0.29) is 18.2 Å². The highest BCUT2D eigenvalue weighted by molar-refractivity contribution is 5.97. The highest BCUT2D eigenvalue weighted by atomic mass is 16.6. The molecule has 0 saturated carbocycles. The maximum atomic E-state index is 11.8. The predicted molar refractivity (Wildman–Crippen MR) is 116 cm³/mol. The van der Waals surface area contributed by atoms with Crippen molar-refractivity contribution < 1.29 is 14.3 Å². The van der Waals surface area contributed by atoms with E-state index in [2.05, 4.69) is 20.3 Å². The Kier molecular flexibility index (Phi) is 4.87. The number of fused-ring (bicyclic) bond motifs is 2. The Morgan fingerprint density at radius 3 is 3.03 bits per heavy atom. The van der Waals surface area contributed by atoms with E-state index in [0.29, 0.717) is 23.7 Å². The van der Waals surface area contributed by atoms with Gasteiger partial charge in [0.25, 0.3) is 5.91 Å². The van der Waals surface area contributed by atoms with Gasteiger partial charge in [-0.1, -0.05) is 0 Å². The Balaban J connectivity index is 1.24. The number of nitrogens with zero attached hydrogens (tertiary/aromatic N) is 4. The quantitative estimate of drug-likeness (QED) is 0.512. The lowest BCUT2D eigenvalue weighted by atomic mass is 10.1. The number of amides is 1. The Morgan fingerprint density at radius 1 is 1.26 bits per heavy atom. The number of anilines is 1. The fourth-order valence-corrected chi connectivity index (χ4v) is 3.89. The third-order valence-corrected chi connectivity index (χ3v) is 5.52. The Morgan fingerprint density at radius 2 is 2.16 bits per heavy atom. The van der Waals surface area contributed by atoms with Crippen LogP contribution < -0.4 is 15.8 Å². The molecule has 1 amide bonds. The van der Waals surface area contributed by atoms with E-state index in [9.17, 15) is 4.79 Å². The van der Waals surface area contributed by atoms with Gasteiger partial charge >= 0.3 is 0 Å².